The number of carbonyl (C=O) groups excluding carboxylic acids is 1. The summed E-state index contributed by atoms with van der Waals surface area (Å²) in [7, 11) is 1.60. The normalized spacial score (nSPS) is 10.6. The standard InChI is InChI=1S/C19H22BrNO4/c1-13(2)25-16-7-5-15(6-8-16)21-19(22)17-12-14(20)4-9-18(17)24-11-10-23-3/h4-9,12-13H,10-11H2,1-3H3,(H,21,22). The van der Waals surface area contributed by atoms with Gasteiger partial charge in [0.1, 0.15) is 18.1 Å². The molecule has 0 saturated carbocycles. The zero-order valence-corrected chi connectivity index (χ0v) is 16.1. The number of nitrogens with one attached hydrogen (secondary N) is 1. The molecule has 0 radical (unpaired) electrons. The number of carbonyl (C=O) groups is 1. The van der Waals surface area contributed by atoms with Crippen LogP contribution in [0, 0.1) is 0 Å². The van der Waals surface area contributed by atoms with E-state index in [9.17, 15) is 4.79 Å². The lowest BCUT2D eigenvalue weighted by molar-refractivity contribution is 0.101. The molecule has 2 aromatic carbocycles. The first-order valence-electron chi connectivity index (χ1n) is 7.99. The number of hydrogen-bond donors (Lipinski definition) is 1. The van der Waals surface area contributed by atoms with Crippen molar-refractivity contribution < 1.29 is 19.0 Å². The lowest BCUT2D eigenvalue weighted by atomic mass is 10.2. The molecular weight excluding hydrogens is 386 g/mol. The monoisotopic (exact) mass is 407 g/mol. The van der Waals surface area contributed by atoms with Crippen LogP contribution >= 0.6 is 15.9 Å². The number of halogens is 1. The Bertz CT molecular complexity index is 701. The Morgan fingerprint density at radius 1 is 1.12 bits per heavy atom. The minimum Gasteiger partial charge on any atom is -0.491 e. The molecular formula is C19H22BrNO4. The zero-order chi connectivity index (χ0) is 18.2. The molecule has 6 heteroatoms. The molecule has 0 bridgehead atoms. The molecule has 25 heavy (non-hydrogen) atoms. The fourth-order valence-corrected chi connectivity index (χ4v) is 2.49. The number of rotatable bonds is 8. The van der Waals surface area contributed by atoms with Crippen LogP contribution in [0.25, 0.3) is 0 Å². The number of benzene rings is 2. The molecule has 0 aliphatic carbocycles. The number of ether oxygens (including phenoxy) is 3. The Labute approximate surface area is 156 Å². The van der Waals surface area contributed by atoms with Gasteiger partial charge in [-0.15, -0.1) is 0 Å². The Balaban J connectivity index is 2.10. The van der Waals surface area contributed by atoms with Crippen LogP contribution in [0.2, 0.25) is 0 Å². The van der Waals surface area contributed by atoms with Crippen LogP contribution in [-0.4, -0.2) is 32.3 Å². The summed E-state index contributed by atoms with van der Waals surface area (Å²) in [4.78, 5) is 12.6. The maximum atomic E-state index is 12.6. The SMILES string of the molecule is COCCOc1ccc(Br)cc1C(=O)Nc1ccc(OC(C)C)cc1. The summed E-state index contributed by atoms with van der Waals surface area (Å²) in [5, 5.41) is 2.87. The minimum atomic E-state index is -0.244. The fraction of sp³-hybridized carbons (Fsp3) is 0.316. The quantitative estimate of drug-likeness (QED) is 0.653. The first-order chi connectivity index (χ1) is 12.0. The van der Waals surface area contributed by atoms with Gasteiger partial charge in [0, 0.05) is 17.3 Å². The summed E-state index contributed by atoms with van der Waals surface area (Å²) >= 11 is 3.39. The van der Waals surface area contributed by atoms with Gasteiger partial charge in [-0.05, 0) is 56.3 Å². The molecule has 134 valence electrons. The smallest absolute Gasteiger partial charge is 0.259 e. The third-order valence-electron chi connectivity index (χ3n) is 3.22. The van der Waals surface area contributed by atoms with Crippen molar-refractivity contribution in [3.63, 3.8) is 0 Å². The van der Waals surface area contributed by atoms with E-state index in [2.05, 4.69) is 21.2 Å². The first kappa shape index (κ1) is 19.3. The molecule has 2 rings (SSSR count). The molecule has 0 aliphatic heterocycles. The van der Waals surface area contributed by atoms with Crippen molar-refractivity contribution in [3.8, 4) is 11.5 Å². The second kappa shape index (κ2) is 9.44. The predicted molar refractivity (Wildman–Crippen MR) is 102 cm³/mol. The molecule has 1 N–H and O–H groups in total. The molecule has 5 nitrogen and oxygen atoms in total. The Morgan fingerprint density at radius 3 is 2.48 bits per heavy atom. The second-order valence-electron chi connectivity index (χ2n) is 5.63. The highest BCUT2D eigenvalue weighted by Gasteiger charge is 2.14. The van der Waals surface area contributed by atoms with Gasteiger partial charge in [0.05, 0.1) is 18.3 Å². The Kier molecular flexibility index (Phi) is 7.28. The van der Waals surface area contributed by atoms with Crippen molar-refractivity contribution in [2.24, 2.45) is 0 Å². The van der Waals surface area contributed by atoms with Crippen molar-refractivity contribution >= 4 is 27.5 Å². The molecule has 0 atom stereocenters. The fourth-order valence-electron chi connectivity index (χ4n) is 2.13. The van der Waals surface area contributed by atoms with Crippen molar-refractivity contribution in [2.45, 2.75) is 20.0 Å². The average Bonchev–Trinajstić information content (AvgIpc) is 2.57. The largest absolute Gasteiger partial charge is 0.491 e. The van der Waals surface area contributed by atoms with E-state index in [4.69, 9.17) is 14.2 Å². The van der Waals surface area contributed by atoms with Crippen LogP contribution in [0.15, 0.2) is 46.9 Å². The summed E-state index contributed by atoms with van der Waals surface area (Å²) in [6, 6.07) is 12.6. The topological polar surface area (TPSA) is 56.8 Å². The van der Waals surface area contributed by atoms with E-state index >= 15 is 0 Å². The number of methoxy groups -OCH3 is 1. The minimum absolute atomic E-state index is 0.105. The molecule has 0 unspecified atom stereocenters. The molecule has 2 aromatic rings. The van der Waals surface area contributed by atoms with E-state index in [0.29, 0.717) is 30.2 Å². The van der Waals surface area contributed by atoms with Crippen LogP contribution < -0.4 is 14.8 Å². The number of amides is 1. The van der Waals surface area contributed by atoms with Crippen LogP contribution in [0.5, 0.6) is 11.5 Å². The molecule has 0 saturated heterocycles. The molecule has 0 aromatic heterocycles. The van der Waals surface area contributed by atoms with Gasteiger partial charge in [-0.3, -0.25) is 4.79 Å². The van der Waals surface area contributed by atoms with E-state index in [1.807, 2.05) is 32.0 Å². The van der Waals surface area contributed by atoms with Gasteiger partial charge < -0.3 is 19.5 Å². The van der Waals surface area contributed by atoms with Crippen molar-refractivity contribution in [1.82, 2.24) is 0 Å². The predicted octanol–water partition coefficient (Wildman–Crippen LogP) is 4.51. The first-order valence-corrected chi connectivity index (χ1v) is 8.78. The zero-order valence-electron chi connectivity index (χ0n) is 14.5. The molecule has 1 amide bonds. The average molecular weight is 408 g/mol. The van der Waals surface area contributed by atoms with Crippen molar-refractivity contribution in [1.29, 1.82) is 0 Å². The number of hydrogen-bond acceptors (Lipinski definition) is 4. The molecule has 0 aliphatic rings. The van der Waals surface area contributed by atoms with Gasteiger partial charge in [0.25, 0.3) is 5.91 Å². The van der Waals surface area contributed by atoms with Gasteiger partial charge >= 0.3 is 0 Å². The second-order valence-corrected chi connectivity index (χ2v) is 6.54. The number of anilines is 1. The molecule has 0 spiro atoms. The van der Waals surface area contributed by atoms with E-state index < -0.39 is 0 Å². The highest BCUT2D eigenvalue weighted by atomic mass is 79.9. The van der Waals surface area contributed by atoms with Gasteiger partial charge in [-0.1, -0.05) is 15.9 Å². The third kappa shape index (κ3) is 6.07. The third-order valence-corrected chi connectivity index (χ3v) is 3.71. The maximum Gasteiger partial charge on any atom is 0.259 e. The Morgan fingerprint density at radius 2 is 1.84 bits per heavy atom. The van der Waals surface area contributed by atoms with Gasteiger partial charge in [-0.2, -0.15) is 0 Å². The van der Waals surface area contributed by atoms with Crippen LogP contribution in [0.4, 0.5) is 5.69 Å². The lowest BCUT2D eigenvalue weighted by Crippen LogP contribution is -2.15. The van der Waals surface area contributed by atoms with E-state index in [0.717, 1.165) is 10.2 Å². The van der Waals surface area contributed by atoms with Crippen molar-refractivity contribution in [2.75, 3.05) is 25.6 Å². The summed E-state index contributed by atoms with van der Waals surface area (Å²) in [5.41, 5.74) is 1.14. The highest BCUT2D eigenvalue weighted by Crippen LogP contribution is 2.25. The van der Waals surface area contributed by atoms with E-state index in [-0.39, 0.29) is 12.0 Å². The van der Waals surface area contributed by atoms with Crippen LogP contribution in [0.1, 0.15) is 24.2 Å². The summed E-state index contributed by atoms with van der Waals surface area (Å²) in [5.74, 6) is 1.03. The van der Waals surface area contributed by atoms with Gasteiger partial charge in [0.2, 0.25) is 0 Å². The van der Waals surface area contributed by atoms with Gasteiger partial charge in [0.15, 0.2) is 0 Å². The van der Waals surface area contributed by atoms with Gasteiger partial charge in [-0.25, -0.2) is 0 Å². The summed E-state index contributed by atoms with van der Waals surface area (Å²) in [6.07, 6.45) is 0.105. The van der Waals surface area contributed by atoms with E-state index in [1.54, 1.807) is 31.4 Å². The van der Waals surface area contributed by atoms with Crippen LogP contribution in [-0.2, 0) is 4.74 Å². The molecule has 0 heterocycles. The lowest BCUT2D eigenvalue weighted by Gasteiger charge is -2.13. The molecule has 0 fully saturated rings. The Hall–Kier alpha value is -2.05. The van der Waals surface area contributed by atoms with Crippen LogP contribution in [0.3, 0.4) is 0 Å². The summed E-state index contributed by atoms with van der Waals surface area (Å²) in [6.45, 7) is 4.76. The highest BCUT2D eigenvalue weighted by molar-refractivity contribution is 9.10. The van der Waals surface area contributed by atoms with Crippen molar-refractivity contribution in [3.05, 3.63) is 52.5 Å². The summed E-state index contributed by atoms with van der Waals surface area (Å²) < 4.78 is 17.0. The van der Waals surface area contributed by atoms with E-state index in [1.165, 1.54) is 0 Å². The maximum absolute atomic E-state index is 12.6.